The van der Waals surface area contributed by atoms with E-state index in [1.165, 1.54) is 25.7 Å². The Kier molecular flexibility index (Phi) is 4.10. The largest absolute Gasteiger partial charge is 0.365 e. The van der Waals surface area contributed by atoms with E-state index in [9.17, 15) is 4.79 Å². The Morgan fingerprint density at radius 3 is 2.90 bits per heavy atom. The number of carbonyl (C=O) groups excluding carboxylic acids is 1. The van der Waals surface area contributed by atoms with Crippen LogP contribution in [0, 0.1) is 12.8 Å². The van der Waals surface area contributed by atoms with Crippen molar-refractivity contribution in [3.63, 3.8) is 0 Å². The zero-order chi connectivity index (χ0) is 14.8. The van der Waals surface area contributed by atoms with E-state index in [0.717, 1.165) is 31.0 Å². The Morgan fingerprint density at radius 2 is 2.29 bits per heavy atom. The second-order valence-corrected chi connectivity index (χ2v) is 6.29. The third kappa shape index (κ3) is 3.18. The highest BCUT2D eigenvalue weighted by Gasteiger charge is 2.34. The van der Waals surface area contributed by atoms with Gasteiger partial charge in [0.15, 0.2) is 0 Å². The second kappa shape index (κ2) is 6.02. The molecule has 1 aliphatic heterocycles. The third-order valence-corrected chi connectivity index (χ3v) is 4.50. The van der Waals surface area contributed by atoms with Gasteiger partial charge in [-0.1, -0.05) is 0 Å². The van der Waals surface area contributed by atoms with Crippen LogP contribution in [0.25, 0.3) is 0 Å². The lowest BCUT2D eigenvalue weighted by atomic mass is 9.98. The molecule has 3 N–H and O–H groups in total. The normalized spacial score (nSPS) is 22.0. The average Bonchev–Trinajstić information content (AvgIpc) is 3.30. The number of nitrogens with zero attached hydrogens (tertiary/aromatic N) is 2. The van der Waals surface area contributed by atoms with Crippen LogP contribution in [0.5, 0.6) is 0 Å². The summed E-state index contributed by atoms with van der Waals surface area (Å²) in [6, 6.07) is 2.39. The van der Waals surface area contributed by atoms with Gasteiger partial charge < -0.3 is 16.0 Å². The Balaban J connectivity index is 1.87. The summed E-state index contributed by atoms with van der Waals surface area (Å²) in [7, 11) is 0. The van der Waals surface area contributed by atoms with Crippen LogP contribution in [0.1, 0.15) is 41.6 Å². The van der Waals surface area contributed by atoms with Crippen molar-refractivity contribution in [2.75, 3.05) is 24.5 Å². The summed E-state index contributed by atoms with van der Waals surface area (Å²) in [6.45, 7) is 5.07. The zero-order valence-corrected chi connectivity index (χ0v) is 12.6. The van der Waals surface area contributed by atoms with E-state index >= 15 is 0 Å². The number of hydrogen-bond donors (Lipinski definition) is 2. The van der Waals surface area contributed by atoms with Crippen LogP contribution < -0.4 is 16.0 Å². The molecule has 2 heterocycles. The minimum absolute atomic E-state index is 0.372. The molecule has 1 aromatic rings. The molecule has 1 atom stereocenters. The molecule has 1 unspecified atom stereocenters. The van der Waals surface area contributed by atoms with Crippen molar-refractivity contribution in [2.45, 2.75) is 38.6 Å². The average molecular weight is 288 g/mol. The number of pyridine rings is 1. The number of anilines is 1. The number of aromatic nitrogens is 1. The van der Waals surface area contributed by atoms with Gasteiger partial charge in [-0.15, -0.1) is 0 Å². The summed E-state index contributed by atoms with van der Waals surface area (Å²) in [5.41, 5.74) is 7.10. The molecular weight excluding hydrogens is 264 g/mol. The van der Waals surface area contributed by atoms with Gasteiger partial charge in [0, 0.05) is 18.8 Å². The molecule has 0 spiro atoms. The minimum atomic E-state index is -0.372. The Labute approximate surface area is 125 Å². The highest BCUT2D eigenvalue weighted by Crippen LogP contribution is 2.34. The van der Waals surface area contributed by atoms with Crippen LogP contribution in [-0.4, -0.2) is 36.6 Å². The van der Waals surface area contributed by atoms with E-state index in [0.29, 0.717) is 17.5 Å². The lowest BCUT2D eigenvalue weighted by molar-refractivity contribution is 0.1000. The van der Waals surface area contributed by atoms with Crippen LogP contribution in [0.15, 0.2) is 12.3 Å². The van der Waals surface area contributed by atoms with Gasteiger partial charge >= 0.3 is 0 Å². The van der Waals surface area contributed by atoms with E-state index in [1.54, 1.807) is 6.20 Å². The summed E-state index contributed by atoms with van der Waals surface area (Å²) < 4.78 is 0. The highest BCUT2D eigenvalue weighted by atomic mass is 16.1. The van der Waals surface area contributed by atoms with Crippen LogP contribution in [0.4, 0.5) is 5.82 Å². The standard InChI is InChI=1S/C16H24N4O/c1-11-6-8-19-16(14(11)15(17)21)20(13-4-5-13)10-12-3-2-7-18-9-12/h6,8,12-13,18H,2-5,7,9-10H2,1H3,(H2,17,21). The van der Waals surface area contributed by atoms with Gasteiger partial charge in [0.2, 0.25) is 0 Å². The zero-order valence-electron chi connectivity index (χ0n) is 12.6. The molecule has 5 heteroatoms. The number of primary amides is 1. The molecule has 1 saturated carbocycles. The number of piperidine rings is 1. The van der Waals surface area contributed by atoms with Crippen LogP contribution in [0.3, 0.4) is 0 Å². The topological polar surface area (TPSA) is 71.2 Å². The van der Waals surface area contributed by atoms with Crippen LogP contribution in [-0.2, 0) is 0 Å². The van der Waals surface area contributed by atoms with Crippen molar-refractivity contribution in [3.8, 4) is 0 Å². The van der Waals surface area contributed by atoms with Crippen molar-refractivity contribution in [1.29, 1.82) is 0 Å². The first-order valence-corrected chi connectivity index (χ1v) is 7.89. The number of rotatable bonds is 5. The summed E-state index contributed by atoms with van der Waals surface area (Å²) in [5, 5.41) is 3.46. The molecule has 0 bridgehead atoms. The van der Waals surface area contributed by atoms with Crippen LogP contribution in [0.2, 0.25) is 0 Å². The van der Waals surface area contributed by atoms with E-state index < -0.39 is 0 Å². The molecule has 2 fully saturated rings. The maximum Gasteiger partial charge on any atom is 0.252 e. The van der Waals surface area contributed by atoms with Gasteiger partial charge in [0.05, 0.1) is 5.56 Å². The molecule has 1 amide bonds. The number of amides is 1. The molecular formula is C16H24N4O. The summed E-state index contributed by atoms with van der Waals surface area (Å²) in [5.74, 6) is 1.04. The van der Waals surface area contributed by atoms with Gasteiger partial charge in [-0.05, 0) is 63.2 Å². The number of nitrogens with two attached hydrogens (primary N) is 1. The fourth-order valence-electron chi connectivity index (χ4n) is 3.22. The van der Waals surface area contributed by atoms with Crippen molar-refractivity contribution in [3.05, 3.63) is 23.4 Å². The molecule has 0 radical (unpaired) electrons. The predicted molar refractivity (Wildman–Crippen MR) is 83.5 cm³/mol. The molecule has 1 aromatic heterocycles. The highest BCUT2D eigenvalue weighted by molar-refractivity contribution is 5.99. The van der Waals surface area contributed by atoms with Gasteiger partial charge in [-0.25, -0.2) is 4.98 Å². The first-order chi connectivity index (χ1) is 10.2. The third-order valence-electron chi connectivity index (χ3n) is 4.50. The van der Waals surface area contributed by atoms with Gasteiger partial charge in [-0.2, -0.15) is 0 Å². The van der Waals surface area contributed by atoms with Crippen molar-refractivity contribution < 1.29 is 4.79 Å². The summed E-state index contributed by atoms with van der Waals surface area (Å²) >= 11 is 0. The maximum absolute atomic E-state index is 11.8. The summed E-state index contributed by atoms with van der Waals surface area (Å²) in [6.07, 6.45) is 6.63. The lowest BCUT2D eigenvalue weighted by Gasteiger charge is -2.32. The van der Waals surface area contributed by atoms with Crippen LogP contribution >= 0.6 is 0 Å². The molecule has 3 rings (SSSR count). The van der Waals surface area contributed by atoms with Crippen molar-refractivity contribution in [1.82, 2.24) is 10.3 Å². The Morgan fingerprint density at radius 1 is 1.48 bits per heavy atom. The Bertz CT molecular complexity index is 521. The second-order valence-electron chi connectivity index (χ2n) is 6.29. The fraction of sp³-hybridized carbons (Fsp3) is 0.625. The number of hydrogen-bond acceptors (Lipinski definition) is 4. The first kappa shape index (κ1) is 14.3. The minimum Gasteiger partial charge on any atom is -0.365 e. The number of aryl methyl sites for hydroxylation is 1. The predicted octanol–water partition coefficient (Wildman–Crippen LogP) is 1.46. The van der Waals surface area contributed by atoms with Gasteiger partial charge in [0.25, 0.3) is 5.91 Å². The van der Waals surface area contributed by atoms with E-state index in [-0.39, 0.29) is 5.91 Å². The monoisotopic (exact) mass is 288 g/mol. The molecule has 114 valence electrons. The van der Waals surface area contributed by atoms with E-state index in [4.69, 9.17) is 5.73 Å². The van der Waals surface area contributed by atoms with E-state index in [1.807, 2.05) is 13.0 Å². The molecule has 5 nitrogen and oxygen atoms in total. The molecule has 1 saturated heterocycles. The molecule has 0 aromatic carbocycles. The van der Waals surface area contributed by atoms with Gasteiger partial charge in [0.1, 0.15) is 5.82 Å². The molecule has 2 aliphatic rings. The first-order valence-electron chi connectivity index (χ1n) is 7.89. The molecule has 21 heavy (non-hydrogen) atoms. The lowest BCUT2D eigenvalue weighted by Crippen LogP contribution is -2.40. The Hall–Kier alpha value is -1.62. The van der Waals surface area contributed by atoms with Crippen molar-refractivity contribution >= 4 is 11.7 Å². The molecule has 1 aliphatic carbocycles. The number of nitrogens with one attached hydrogen (secondary N) is 1. The summed E-state index contributed by atoms with van der Waals surface area (Å²) in [4.78, 5) is 18.6. The van der Waals surface area contributed by atoms with Gasteiger partial charge in [-0.3, -0.25) is 4.79 Å². The SMILES string of the molecule is Cc1ccnc(N(CC2CCCNC2)C2CC2)c1C(N)=O. The van der Waals surface area contributed by atoms with E-state index in [2.05, 4.69) is 15.2 Å². The maximum atomic E-state index is 11.8. The number of carbonyl (C=O) groups is 1. The van der Waals surface area contributed by atoms with Crippen molar-refractivity contribution in [2.24, 2.45) is 11.7 Å². The quantitative estimate of drug-likeness (QED) is 0.860. The fourth-order valence-corrected chi connectivity index (χ4v) is 3.22. The smallest absolute Gasteiger partial charge is 0.252 e.